The maximum atomic E-state index is 12.5. The lowest BCUT2D eigenvalue weighted by atomic mass is 10.1. The highest BCUT2D eigenvalue weighted by atomic mass is 32.2. The van der Waals surface area contributed by atoms with Crippen molar-refractivity contribution < 1.29 is 26.7 Å². The largest absolute Gasteiger partial charge is 0.471 e. The second kappa shape index (κ2) is 6.95. The van der Waals surface area contributed by atoms with Gasteiger partial charge in [0, 0.05) is 23.1 Å². The molecule has 0 radical (unpaired) electrons. The van der Waals surface area contributed by atoms with Crippen LogP contribution in [-0.2, 0) is 15.9 Å². The molecule has 0 aliphatic heterocycles. The fourth-order valence-electron chi connectivity index (χ4n) is 2.10. The van der Waals surface area contributed by atoms with Gasteiger partial charge >= 0.3 is 12.1 Å². The van der Waals surface area contributed by atoms with Crippen molar-refractivity contribution in [1.29, 1.82) is 0 Å². The molecule has 0 aliphatic carbocycles. The lowest BCUT2D eigenvalue weighted by Gasteiger charge is -2.06. The van der Waals surface area contributed by atoms with Crippen molar-refractivity contribution >= 4 is 15.6 Å². The predicted octanol–water partition coefficient (Wildman–Crippen LogP) is 3.65. The van der Waals surface area contributed by atoms with Crippen LogP contribution in [0.4, 0.5) is 13.2 Å². The fraction of sp³-hybridized carbons (Fsp3) is 0.400. The number of carbonyl (C=O) groups excluding carboxylic acids is 1. The Balaban J connectivity index is 2.23. The van der Waals surface area contributed by atoms with Gasteiger partial charge in [0.15, 0.2) is 0 Å². The number of aromatic nitrogens is 2. The molecule has 1 heterocycles. The van der Waals surface area contributed by atoms with Crippen molar-refractivity contribution in [3.8, 4) is 11.4 Å². The number of nitrogens with zero attached hydrogens (tertiary/aromatic N) is 3. The highest BCUT2D eigenvalue weighted by Gasteiger charge is 2.38. The summed E-state index contributed by atoms with van der Waals surface area (Å²) in [6.07, 6.45) is -3.31. The van der Waals surface area contributed by atoms with Gasteiger partial charge in [-0.05, 0) is 18.1 Å². The minimum Gasteiger partial charge on any atom is -0.329 e. The number of hydrogen-bond acceptors (Lipinski definition) is 5. The van der Waals surface area contributed by atoms with Crippen LogP contribution >= 0.6 is 0 Å². The molecule has 1 amide bonds. The molecule has 1 unspecified atom stereocenters. The zero-order chi connectivity index (χ0) is 18.8. The van der Waals surface area contributed by atoms with E-state index in [4.69, 9.17) is 0 Å². The summed E-state index contributed by atoms with van der Waals surface area (Å²) >= 11 is 0. The Morgan fingerprint density at radius 1 is 1.28 bits per heavy atom. The van der Waals surface area contributed by atoms with Gasteiger partial charge in [0.2, 0.25) is 5.82 Å². The lowest BCUT2D eigenvalue weighted by molar-refractivity contribution is -0.159. The van der Waals surface area contributed by atoms with Gasteiger partial charge in [0.25, 0.3) is 5.91 Å². The van der Waals surface area contributed by atoms with Crippen LogP contribution in [0.5, 0.6) is 0 Å². The van der Waals surface area contributed by atoms with Crippen LogP contribution in [0.25, 0.3) is 11.4 Å². The molecule has 0 saturated carbocycles. The van der Waals surface area contributed by atoms with Crippen molar-refractivity contribution in [3.05, 3.63) is 35.7 Å². The van der Waals surface area contributed by atoms with Crippen LogP contribution in [0.15, 0.2) is 33.2 Å². The van der Waals surface area contributed by atoms with E-state index in [1.54, 1.807) is 0 Å². The topological polar surface area (TPSA) is 85.4 Å². The van der Waals surface area contributed by atoms with E-state index in [1.807, 2.05) is 13.8 Å². The van der Waals surface area contributed by atoms with E-state index in [2.05, 4.69) is 19.0 Å². The number of hydrogen-bond donors (Lipinski definition) is 0. The van der Waals surface area contributed by atoms with Gasteiger partial charge in [-0.3, -0.25) is 4.79 Å². The quantitative estimate of drug-likeness (QED) is 0.814. The first-order valence-electron chi connectivity index (χ1n) is 7.23. The van der Waals surface area contributed by atoms with Gasteiger partial charge in [-0.1, -0.05) is 31.1 Å². The fourth-order valence-corrected chi connectivity index (χ4v) is 3.87. The molecule has 1 atom stereocenters. The summed E-state index contributed by atoms with van der Waals surface area (Å²) < 4.78 is 57.5. The van der Waals surface area contributed by atoms with Crippen molar-refractivity contribution in [3.63, 3.8) is 0 Å². The molecule has 6 nitrogen and oxygen atoms in total. The minimum absolute atomic E-state index is 0.123. The molecule has 0 N–H and O–H groups in total. The smallest absolute Gasteiger partial charge is 0.329 e. The number of halogens is 3. The second-order valence-corrected chi connectivity index (χ2v) is 8.35. The summed E-state index contributed by atoms with van der Waals surface area (Å²) in [4.78, 5) is 15.3. The predicted molar refractivity (Wildman–Crippen MR) is 85.3 cm³/mol. The molecule has 2 rings (SSSR count). The number of amides is 1. The Morgan fingerprint density at radius 2 is 1.88 bits per heavy atom. The maximum absolute atomic E-state index is 12.5. The first-order valence-corrected chi connectivity index (χ1v) is 9.33. The maximum Gasteiger partial charge on any atom is 0.471 e. The molecule has 1 aromatic carbocycles. The summed E-state index contributed by atoms with van der Waals surface area (Å²) in [6, 6.07) is 5.45. The van der Waals surface area contributed by atoms with Gasteiger partial charge in [-0.2, -0.15) is 22.5 Å². The molecule has 1 aromatic heterocycles. The van der Waals surface area contributed by atoms with E-state index < -0.39 is 27.7 Å². The van der Waals surface area contributed by atoms with Crippen LogP contribution in [0.3, 0.4) is 0 Å². The monoisotopic (exact) mass is 375 g/mol. The molecule has 0 fully saturated rings. The first kappa shape index (κ1) is 19.1. The van der Waals surface area contributed by atoms with Crippen molar-refractivity contribution in [2.45, 2.75) is 20.0 Å². The van der Waals surface area contributed by atoms with Gasteiger partial charge in [0.1, 0.15) is 0 Å². The summed E-state index contributed by atoms with van der Waals surface area (Å²) in [7, 11) is -2.64. The van der Waals surface area contributed by atoms with Crippen LogP contribution in [0, 0.1) is 5.92 Å². The van der Waals surface area contributed by atoms with Crippen molar-refractivity contribution in [2.75, 3.05) is 12.0 Å². The average molecular weight is 375 g/mol. The van der Waals surface area contributed by atoms with E-state index in [0.717, 1.165) is 0 Å². The van der Waals surface area contributed by atoms with Gasteiger partial charge < -0.3 is 4.52 Å². The normalized spacial score (nSPS) is 14.4. The number of alkyl halides is 3. The van der Waals surface area contributed by atoms with Crippen molar-refractivity contribution in [1.82, 2.24) is 10.1 Å². The zero-order valence-electron chi connectivity index (χ0n) is 13.7. The molecule has 2 aromatic rings. The SMILES string of the molecule is CC(C)CS(C)(=O)=NC(=O)c1ccc(-c2noc(C(F)(F)F)n2)cc1. The molecular weight excluding hydrogens is 359 g/mol. The Hall–Kier alpha value is -2.23. The first-order chi connectivity index (χ1) is 11.5. The number of benzene rings is 1. The molecule has 0 saturated heterocycles. The van der Waals surface area contributed by atoms with E-state index >= 15 is 0 Å². The van der Waals surface area contributed by atoms with Crippen LogP contribution in [-0.4, -0.2) is 32.3 Å². The third kappa shape index (κ3) is 5.12. The van der Waals surface area contributed by atoms with E-state index in [0.29, 0.717) is 5.75 Å². The Bertz CT molecular complexity index is 879. The molecule has 25 heavy (non-hydrogen) atoms. The number of carbonyl (C=O) groups is 1. The third-order valence-corrected chi connectivity index (χ3v) is 4.81. The summed E-state index contributed by atoms with van der Waals surface area (Å²) in [5.41, 5.74) is 0.414. The summed E-state index contributed by atoms with van der Waals surface area (Å²) in [5, 5.41) is 3.26. The Morgan fingerprint density at radius 3 is 2.36 bits per heavy atom. The van der Waals surface area contributed by atoms with Crippen molar-refractivity contribution in [2.24, 2.45) is 10.3 Å². The van der Waals surface area contributed by atoms with Crippen LogP contribution in [0.2, 0.25) is 0 Å². The highest BCUT2D eigenvalue weighted by molar-refractivity contribution is 7.93. The molecule has 136 valence electrons. The van der Waals surface area contributed by atoms with Crippen LogP contribution < -0.4 is 0 Å². The highest BCUT2D eigenvalue weighted by Crippen LogP contribution is 2.29. The summed E-state index contributed by atoms with van der Waals surface area (Å²) in [6.45, 7) is 3.75. The Labute approximate surface area is 142 Å². The summed E-state index contributed by atoms with van der Waals surface area (Å²) in [5.74, 6) is -1.93. The number of rotatable bonds is 4. The van der Waals surface area contributed by atoms with Gasteiger partial charge in [0.05, 0.1) is 9.73 Å². The molecule has 0 spiro atoms. The standard InChI is InChI=1S/C15H16F3N3O3S/c1-9(2)8-25(3,23)21-13(22)11-6-4-10(5-7-11)12-19-14(24-20-12)15(16,17)18/h4-7,9H,8H2,1-3H3. The molecule has 0 aliphatic rings. The Kier molecular flexibility index (Phi) is 5.31. The minimum atomic E-state index is -4.72. The second-order valence-electron chi connectivity index (χ2n) is 5.91. The molecular formula is C15H16F3N3O3S. The van der Waals surface area contributed by atoms with Gasteiger partial charge in [-0.15, -0.1) is 0 Å². The third-order valence-electron chi connectivity index (χ3n) is 2.98. The average Bonchev–Trinajstić information content (AvgIpc) is 2.95. The van der Waals surface area contributed by atoms with Gasteiger partial charge in [-0.25, -0.2) is 4.21 Å². The van der Waals surface area contributed by atoms with E-state index in [-0.39, 0.29) is 22.9 Å². The van der Waals surface area contributed by atoms with Crippen LogP contribution in [0.1, 0.15) is 30.1 Å². The lowest BCUT2D eigenvalue weighted by Crippen LogP contribution is -2.11. The zero-order valence-corrected chi connectivity index (χ0v) is 14.5. The van der Waals surface area contributed by atoms with E-state index in [9.17, 15) is 22.2 Å². The molecule has 10 heteroatoms. The van der Waals surface area contributed by atoms with E-state index in [1.165, 1.54) is 30.5 Å². The molecule has 0 bridgehead atoms.